The minimum atomic E-state index is -2.07. The molecule has 2 aliphatic rings. The van der Waals surface area contributed by atoms with Gasteiger partial charge in [-0.15, -0.1) is 0 Å². The maximum Gasteiger partial charge on any atom is 0.171 e. The van der Waals surface area contributed by atoms with E-state index in [1.54, 1.807) is 0 Å². The fraction of sp³-hybridized carbons (Fsp3) is 0.556. The first-order valence-electron chi connectivity index (χ1n) is 5.80. The van der Waals surface area contributed by atoms with Gasteiger partial charge in [0.15, 0.2) is 11.6 Å². The van der Waals surface area contributed by atoms with E-state index in [4.69, 9.17) is 57.4 Å². The van der Waals surface area contributed by atoms with E-state index in [2.05, 4.69) is 0 Å². The average molecular weight is 285 g/mol. The molecule has 1 unspecified atom stereocenters. The molecule has 20 heavy (non-hydrogen) atoms. The monoisotopic (exact) mass is 285 g/mol. The second-order valence-electron chi connectivity index (χ2n) is 5.57. The van der Waals surface area contributed by atoms with E-state index in [-0.39, 0.29) is 5.57 Å². The SMILES string of the molecule is NN1C(N)(N)C2=CC=CC(N)(N)C2(N)C(N)(N)C1(N)N. The predicted octanol–water partition coefficient (Wildman–Crippen LogP) is -6.26. The van der Waals surface area contributed by atoms with Crippen LogP contribution in [0.25, 0.3) is 0 Å². The van der Waals surface area contributed by atoms with Crippen molar-refractivity contribution >= 4 is 0 Å². The van der Waals surface area contributed by atoms with Gasteiger partial charge in [0, 0.05) is 5.57 Å². The zero-order valence-electron chi connectivity index (χ0n) is 11.0. The van der Waals surface area contributed by atoms with Crippen molar-refractivity contribution in [3.63, 3.8) is 0 Å². The van der Waals surface area contributed by atoms with Gasteiger partial charge < -0.3 is 28.7 Å². The molecule has 0 aromatic rings. The maximum atomic E-state index is 6.31. The van der Waals surface area contributed by atoms with Crippen molar-refractivity contribution in [1.29, 1.82) is 0 Å². The Morgan fingerprint density at radius 1 is 0.850 bits per heavy atom. The van der Waals surface area contributed by atoms with Gasteiger partial charge in [0.25, 0.3) is 0 Å². The molecule has 1 fully saturated rings. The van der Waals surface area contributed by atoms with Crippen LogP contribution in [0.2, 0.25) is 0 Å². The van der Waals surface area contributed by atoms with Crippen LogP contribution in [0.1, 0.15) is 0 Å². The summed E-state index contributed by atoms with van der Waals surface area (Å²) < 4.78 is 0. The number of hydrogen-bond donors (Lipinski definition) is 10. The summed E-state index contributed by atoms with van der Waals surface area (Å²) in [6, 6.07) is 0. The van der Waals surface area contributed by atoms with E-state index >= 15 is 0 Å². The number of hydrogen-bond acceptors (Lipinski definition) is 11. The molecule has 0 radical (unpaired) electrons. The molecule has 1 aliphatic heterocycles. The third kappa shape index (κ3) is 1.35. The number of nitrogens with zero attached hydrogens (tertiary/aromatic N) is 1. The normalized spacial score (nSPS) is 37.2. The first kappa shape index (κ1) is 15.4. The predicted molar refractivity (Wildman–Crippen MR) is 74.6 cm³/mol. The molecule has 0 bridgehead atoms. The van der Waals surface area contributed by atoms with E-state index in [9.17, 15) is 0 Å². The van der Waals surface area contributed by atoms with Crippen molar-refractivity contribution in [1.82, 2.24) is 5.01 Å². The lowest BCUT2D eigenvalue weighted by molar-refractivity contribution is -0.116. The number of nitrogens with two attached hydrogens (primary N) is 10. The van der Waals surface area contributed by atoms with Crippen molar-refractivity contribution < 1.29 is 0 Å². The summed E-state index contributed by atoms with van der Waals surface area (Å²) in [5, 5.41) is 0.742. The van der Waals surface area contributed by atoms with Crippen LogP contribution in [0.3, 0.4) is 0 Å². The molecule has 1 aliphatic carbocycles. The molecule has 1 heterocycles. The molecule has 0 spiro atoms. The van der Waals surface area contributed by atoms with E-state index < -0.39 is 28.4 Å². The second-order valence-corrected chi connectivity index (χ2v) is 5.57. The fourth-order valence-corrected chi connectivity index (χ4v) is 2.78. The maximum absolute atomic E-state index is 6.31. The van der Waals surface area contributed by atoms with Crippen molar-refractivity contribution in [3.8, 4) is 0 Å². The van der Waals surface area contributed by atoms with E-state index in [1.165, 1.54) is 18.2 Å². The Kier molecular flexibility index (Phi) is 2.79. The highest BCUT2D eigenvalue weighted by Crippen LogP contribution is 2.44. The highest BCUT2D eigenvalue weighted by Gasteiger charge is 2.73. The van der Waals surface area contributed by atoms with Crippen LogP contribution in [0.15, 0.2) is 23.8 Å². The number of piperidine rings is 1. The van der Waals surface area contributed by atoms with Crippen molar-refractivity contribution in [2.75, 3.05) is 0 Å². The summed E-state index contributed by atoms with van der Waals surface area (Å²) >= 11 is 0. The minimum Gasteiger partial charge on any atom is -0.316 e. The van der Waals surface area contributed by atoms with Crippen LogP contribution in [0.5, 0.6) is 0 Å². The van der Waals surface area contributed by atoms with Crippen LogP contribution in [0.4, 0.5) is 0 Å². The fourth-order valence-electron chi connectivity index (χ4n) is 2.78. The summed E-state index contributed by atoms with van der Waals surface area (Å²) in [7, 11) is 0. The van der Waals surface area contributed by atoms with Crippen LogP contribution in [0, 0.1) is 0 Å². The average Bonchev–Trinajstić information content (AvgIpc) is 2.29. The molecule has 1 atom stereocenters. The largest absolute Gasteiger partial charge is 0.316 e. The van der Waals surface area contributed by atoms with Gasteiger partial charge in [0.05, 0.1) is 0 Å². The highest BCUT2D eigenvalue weighted by molar-refractivity contribution is 5.51. The summed E-state index contributed by atoms with van der Waals surface area (Å²) in [5.41, 5.74) is 48.9. The Morgan fingerprint density at radius 3 is 1.85 bits per heavy atom. The van der Waals surface area contributed by atoms with Crippen LogP contribution < -0.4 is 57.4 Å². The number of fused-ring (bicyclic) bond motifs is 1. The zero-order chi connectivity index (χ0) is 15.8. The first-order valence-corrected chi connectivity index (χ1v) is 5.80. The van der Waals surface area contributed by atoms with Crippen molar-refractivity contribution in [3.05, 3.63) is 23.8 Å². The standard InChI is InChI=1S/C9H23N11/c10-5(11)3-1-2-4-6(5,12)8(15,16)9(17,18)20(19)7(4,13)14/h1-3H,10-19H2. The molecule has 2 rings (SSSR count). The van der Waals surface area contributed by atoms with Crippen LogP contribution in [-0.2, 0) is 0 Å². The van der Waals surface area contributed by atoms with Gasteiger partial charge in [0.1, 0.15) is 16.9 Å². The topological polar surface area (TPSA) is 263 Å². The first-order chi connectivity index (χ1) is 8.74. The lowest BCUT2D eigenvalue weighted by Gasteiger charge is -2.67. The summed E-state index contributed by atoms with van der Waals surface area (Å²) in [4.78, 5) is 0. The Morgan fingerprint density at radius 2 is 1.35 bits per heavy atom. The molecule has 114 valence electrons. The lowest BCUT2D eigenvalue weighted by atomic mass is 9.61. The van der Waals surface area contributed by atoms with Crippen LogP contribution >= 0.6 is 0 Å². The lowest BCUT2D eigenvalue weighted by Crippen LogP contribution is -3.04. The second kappa shape index (κ2) is 3.62. The van der Waals surface area contributed by atoms with Gasteiger partial charge in [-0.1, -0.05) is 12.2 Å². The summed E-state index contributed by atoms with van der Waals surface area (Å²) in [6.45, 7) is 0. The van der Waals surface area contributed by atoms with Crippen molar-refractivity contribution in [2.45, 2.75) is 28.4 Å². The molecular weight excluding hydrogens is 262 g/mol. The molecule has 11 nitrogen and oxygen atoms in total. The number of allylic oxidation sites excluding steroid dienone is 2. The van der Waals surface area contributed by atoms with Gasteiger partial charge in [-0.05, 0) is 6.08 Å². The summed E-state index contributed by atoms with van der Waals surface area (Å²) in [5.74, 6) is 1.88. The third-order valence-corrected chi connectivity index (χ3v) is 4.29. The Bertz CT molecular complexity index is 502. The molecule has 0 aromatic heterocycles. The summed E-state index contributed by atoms with van der Waals surface area (Å²) in [6.07, 6.45) is 4.42. The van der Waals surface area contributed by atoms with E-state index in [0.717, 1.165) is 5.01 Å². The quantitative estimate of drug-likeness (QED) is 0.148. The van der Waals surface area contributed by atoms with Gasteiger partial charge >= 0.3 is 0 Å². The highest BCUT2D eigenvalue weighted by atomic mass is 15.7. The van der Waals surface area contributed by atoms with Gasteiger partial charge in [-0.2, -0.15) is 5.01 Å². The zero-order valence-corrected chi connectivity index (χ0v) is 11.0. The Labute approximate surface area is 115 Å². The number of hydrazine groups is 1. The van der Waals surface area contributed by atoms with E-state index in [1.807, 2.05) is 0 Å². The van der Waals surface area contributed by atoms with Gasteiger partial charge in [-0.25, -0.2) is 0 Å². The molecule has 0 aromatic carbocycles. The smallest absolute Gasteiger partial charge is 0.171 e. The molecule has 11 heteroatoms. The molecule has 20 N–H and O–H groups in total. The van der Waals surface area contributed by atoms with Crippen molar-refractivity contribution in [2.24, 2.45) is 57.4 Å². The van der Waals surface area contributed by atoms with Gasteiger partial charge in [-0.3, -0.25) is 28.8 Å². The third-order valence-electron chi connectivity index (χ3n) is 4.29. The minimum absolute atomic E-state index is 0.122. The molecule has 0 saturated carbocycles. The van der Waals surface area contributed by atoms with E-state index in [0.29, 0.717) is 0 Å². The van der Waals surface area contributed by atoms with Crippen LogP contribution in [-0.4, -0.2) is 33.4 Å². The Hall–Kier alpha value is -0.960. The Balaban J connectivity index is 2.83. The molecule has 0 amide bonds. The van der Waals surface area contributed by atoms with Gasteiger partial charge in [0.2, 0.25) is 0 Å². The molecular formula is C9H23N11. The molecule has 1 saturated heterocycles. The number of rotatable bonds is 0.